The Hall–Kier alpha value is -3.38. The maximum Gasteiger partial charge on any atom is 0.288 e. The Morgan fingerprint density at radius 2 is 1.56 bits per heavy atom. The van der Waals surface area contributed by atoms with Gasteiger partial charge in [0.2, 0.25) is 5.78 Å². The van der Waals surface area contributed by atoms with E-state index in [1.54, 1.807) is 17.0 Å². The first-order chi connectivity index (χ1) is 15.5. The van der Waals surface area contributed by atoms with Crippen LogP contribution in [-0.2, 0) is 9.59 Å². The van der Waals surface area contributed by atoms with Crippen LogP contribution in [0.15, 0.2) is 84.8 Å². The van der Waals surface area contributed by atoms with Gasteiger partial charge in [0.05, 0.1) is 0 Å². The van der Waals surface area contributed by atoms with Gasteiger partial charge in [0.15, 0.2) is 11.5 Å². The van der Waals surface area contributed by atoms with Gasteiger partial charge in [0.1, 0.15) is 6.17 Å². The van der Waals surface area contributed by atoms with Crippen molar-refractivity contribution >= 4 is 11.7 Å². The summed E-state index contributed by atoms with van der Waals surface area (Å²) < 4.78 is 0. The van der Waals surface area contributed by atoms with E-state index in [1.807, 2.05) is 36.4 Å². The molecule has 6 heteroatoms. The number of amides is 1. The highest BCUT2D eigenvalue weighted by Gasteiger charge is 2.46. The lowest BCUT2D eigenvalue weighted by Gasteiger charge is -2.52. The molecule has 1 atom stereocenters. The Bertz CT molecular complexity index is 980. The molecule has 0 saturated carbocycles. The van der Waals surface area contributed by atoms with Crippen molar-refractivity contribution in [1.82, 2.24) is 14.9 Å². The summed E-state index contributed by atoms with van der Waals surface area (Å²) in [4.78, 5) is 27.5. The van der Waals surface area contributed by atoms with E-state index in [1.165, 1.54) is 0 Å². The van der Waals surface area contributed by atoms with Crippen molar-refractivity contribution in [3.63, 3.8) is 0 Å². The molecule has 6 nitrogen and oxygen atoms in total. The number of allylic oxidation sites excluding steroid dienone is 1. The summed E-state index contributed by atoms with van der Waals surface area (Å²) in [5.74, 6) is -1.67. The highest BCUT2D eigenvalue weighted by Crippen LogP contribution is 2.39. The van der Waals surface area contributed by atoms with Crippen LogP contribution in [0.2, 0.25) is 0 Å². The molecule has 0 aromatic heterocycles. The fourth-order valence-corrected chi connectivity index (χ4v) is 4.79. The van der Waals surface area contributed by atoms with Gasteiger partial charge in [-0.05, 0) is 30.0 Å². The number of carbonyl (C=O) groups excluding carboxylic acids is 2. The summed E-state index contributed by atoms with van der Waals surface area (Å²) in [6.45, 7) is 4.75. The molecule has 166 valence electrons. The lowest BCUT2D eigenvalue weighted by atomic mass is 9.86. The molecular weight excluding hydrogens is 402 g/mol. The van der Waals surface area contributed by atoms with Crippen LogP contribution in [0.25, 0.3) is 0 Å². The van der Waals surface area contributed by atoms with Crippen LogP contribution in [0, 0.1) is 0 Å². The van der Waals surface area contributed by atoms with Crippen molar-refractivity contribution in [2.45, 2.75) is 31.3 Å². The maximum atomic E-state index is 13.5. The number of carbonyl (C=O) groups is 2. The molecule has 2 aromatic carbocycles. The molecule has 2 heterocycles. The quantitative estimate of drug-likeness (QED) is 0.576. The largest absolute Gasteiger partial charge is 0.503 e. The molecule has 1 unspecified atom stereocenters. The van der Waals surface area contributed by atoms with E-state index < -0.39 is 11.5 Å². The van der Waals surface area contributed by atoms with Crippen LogP contribution in [0.5, 0.6) is 0 Å². The van der Waals surface area contributed by atoms with E-state index in [0.717, 1.165) is 43.0 Å². The summed E-state index contributed by atoms with van der Waals surface area (Å²) in [6, 6.07) is 20.3. The molecule has 2 fully saturated rings. The average Bonchev–Trinajstić information content (AvgIpc) is 3.08. The number of hydrogen-bond donors (Lipinski definition) is 1. The van der Waals surface area contributed by atoms with Gasteiger partial charge in [0.25, 0.3) is 5.91 Å². The average molecular weight is 432 g/mol. The number of fused-ring (bicyclic) bond motifs is 1. The van der Waals surface area contributed by atoms with Gasteiger partial charge in [-0.25, -0.2) is 0 Å². The van der Waals surface area contributed by atoms with Gasteiger partial charge >= 0.3 is 0 Å². The summed E-state index contributed by atoms with van der Waals surface area (Å²) in [7, 11) is 1.78. The zero-order valence-corrected chi connectivity index (χ0v) is 18.4. The number of benzene rings is 2. The predicted octanol–water partition coefficient (Wildman–Crippen LogP) is 3.84. The van der Waals surface area contributed by atoms with Crippen LogP contribution < -0.4 is 0 Å². The van der Waals surface area contributed by atoms with Gasteiger partial charge in [0, 0.05) is 26.1 Å². The molecule has 32 heavy (non-hydrogen) atoms. The lowest BCUT2D eigenvalue weighted by Crippen LogP contribution is -2.65. The van der Waals surface area contributed by atoms with Crippen molar-refractivity contribution in [2.75, 3.05) is 20.1 Å². The normalized spacial score (nSPS) is 21.2. The van der Waals surface area contributed by atoms with Crippen molar-refractivity contribution < 1.29 is 14.7 Å². The fourth-order valence-electron chi connectivity index (χ4n) is 4.79. The zero-order chi connectivity index (χ0) is 22.7. The van der Waals surface area contributed by atoms with Crippen LogP contribution in [0.3, 0.4) is 0 Å². The number of rotatable bonds is 5. The minimum absolute atomic E-state index is 0.0231. The van der Waals surface area contributed by atoms with Crippen LogP contribution in [0.4, 0.5) is 0 Å². The molecule has 2 aliphatic rings. The number of ketones is 1. The first-order valence-corrected chi connectivity index (χ1v) is 11.1. The smallest absolute Gasteiger partial charge is 0.288 e. The summed E-state index contributed by atoms with van der Waals surface area (Å²) in [5, 5.41) is 14.6. The van der Waals surface area contributed by atoms with Crippen molar-refractivity contribution in [3.05, 3.63) is 95.9 Å². The number of hydrogen-bond acceptors (Lipinski definition) is 5. The molecule has 0 spiro atoms. The number of nitrogens with zero attached hydrogens (tertiary/aromatic N) is 3. The second kappa shape index (κ2) is 9.40. The van der Waals surface area contributed by atoms with E-state index in [2.05, 4.69) is 35.9 Å². The van der Waals surface area contributed by atoms with Gasteiger partial charge in [-0.3, -0.25) is 14.6 Å². The number of likely N-dealkylation sites (N-methyl/N-ethyl adjacent to an activating group) is 1. The van der Waals surface area contributed by atoms with Crippen LogP contribution in [-0.4, -0.2) is 58.0 Å². The van der Waals surface area contributed by atoms with E-state index in [0.29, 0.717) is 6.54 Å². The van der Waals surface area contributed by atoms with Gasteiger partial charge in [-0.1, -0.05) is 73.7 Å². The third-order valence-corrected chi connectivity index (χ3v) is 6.32. The third-order valence-electron chi connectivity index (χ3n) is 6.32. The molecule has 0 radical (unpaired) electrons. The number of aliphatic hydroxyl groups is 1. The van der Waals surface area contributed by atoms with E-state index in [4.69, 9.17) is 0 Å². The molecule has 2 aromatic rings. The monoisotopic (exact) mass is 431 g/mol. The number of hydrazine groups is 1. The summed E-state index contributed by atoms with van der Waals surface area (Å²) in [5.41, 5.74) is 2.22. The molecule has 0 aliphatic carbocycles. The molecule has 1 N–H and O–H groups in total. The molecule has 1 amide bonds. The first kappa shape index (κ1) is 21.8. The first-order valence-electron chi connectivity index (χ1n) is 11.1. The highest BCUT2D eigenvalue weighted by atomic mass is 16.3. The zero-order valence-electron chi connectivity index (χ0n) is 18.4. The standard InChI is InChI=1S/C26H29N3O3/c1-3-21(30)24(31)23-26(32)29-18-12-6-11-17-28(29)25(27(23)2)22(19-13-7-4-8-14-19)20-15-9-5-10-16-20/h3-5,7-10,13-16,22,25,31H,1,6,11-12,17-18H2,2H3/b24-23+. The Kier molecular flexibility index (Phi) is 6.42. The Morgan fingerprint density at radius 1 is 1.00 bits per heavy atom. The highest BCUT2D eigenvalue weighted by molar-refractivity contribution is 6.08. The second-order valence-corrected chi connectivity index (χ2v) is 8.24. The minimum Gasteiger partial charge on any atom is -0.503 e. The third kappa shape index (κ3) is 3.94. The van der Waals surface area contributed by atoms with Crippen molar-refractivity contribution in [1.29, 1.82) is 0 Å². The van der Waals surface area contributed by atoms with Crippen LogP contribution in [0.1, 0.15) is 36.3 Å². The second-order valence-electron chi connectivity index (χ2n) is 8.24. The van der Waals surface area contributed by atoms with E-state index in [-0.39, 0.29) is 23.7 Å². The molecule has 2 aliphatic heterocycles. The minimum atomic E-state index is -0.654. The molecule has 4 rings (SSSR count). The Morgan fingerprint density at radius 3 is 2.12 bits per heavy atom. The molecule has 2 saturated heterocycles. The van der Waals surface area contributed by atoms with Gasteiger partial charge in [-0.2, -0.15) is 5.01 Å². The van der Waals surface area contributed by atoms with Crippen LogP contribution >= 0.6 is 0 Å². The Labute approximate surface area is 189 Å². The van der Waals surface area contributed by atoms with E-state index >= 15 is 0 Å². The fraction of sp³-hybridized carbons (Fsp3) is 0.308. The summed E-state index contributed by atoms with van der Waals surface area (Å²) >= 11 is 0. The Balaban J connectivity index is 1.92. The topological polar surface area (TPSA) is 64.1 Å². The SMILES string of the molecule is C=CC(=O)/C(O)=C1/C(=O)N2CCCCCN2C(C(c2ccccc2)c2ccccc2)N1C. The van der Waals surface area contributed by atoms with Gasteiger partial charge < -0.3 is 10.0 Å². The van der Waals surface area contributed by atoms with E-state index in [9.17, 15) is 14.7 Å². The lowest BCUT2D eigenvalue weighted by molar-refractivity contribution is -0.173. The number of aliphatic hydroxyl groups excluding tert-OH is 1. The summed E-state index contributed by atoms with van der Waals surface area (Å²) in [6.07, 6.45) is 3.61. The molecule has 0 bridgehead atoms. The van der Waals surface area contributed by atoms with Gasteiger partial charge in [-0.15, -0.1) is 0 Å². The molecular formula is C26H29N3O3. The maximum absolute atomic E-state index is 13.5. The predicted molar refractivity (Wildman–Crippen MR) is 123 cm³/mol. The van der Waals surface area contributed by atoms with Crippen molar-refractivity contribution in [2.24, 2.45) is 0 Å². The van der Waals surface area contributed by atoms with Crippen molar-refractivity contribution in [3.8, 4) is 0 Å².